The van der Waals surface area contributed by atoms with Gasteiger partial charge in [0, 0.05) is 24.8 Å². The number of esters is 1. The monoisotopic (exact) mass is 809 g/mol. The number of carboxylic acid groups (broad SMARTS) is 1. The number of fused-ring (bicyclic) bond motifs is 7. The van der Waals surface area contributed by atoms with Gasteiger partial charge in [-0.1, -0.05) is 119 Å². The summed E-state index contributed by atoms with van der Waals surface area (Å²) >= 11 is 0. The van der Waals surface area contributed by atoms with Gasteiger partial charge < -0.3 is 20.5 Å². The van der Waals surface area contributed by atoms with E-state index < -0.39 is 12.0 Å². The third-order valence-corrected chi connectivity index (χ3v) is 17.6. The molecule has 330 valence electrons. The van der Waals surface area contributed by atoms with Crippen molar-refractivity contribution in [3.8, 4) is 0 Å². The van der Waals surface area contributed by atoms with Gasteiger partial charge in [0.25, 0.3) is 0 Å². The van der Waals surface area contributed by atoms with E-state index in [4.69, 9.17) is 4.74 Å². The molecule has 0 aromatic rings. The number of nitrogens with one attached hydrogen (secondary N) is 2. The van der Waals surface area contributed by atoms with Gasteiger partial charge in [-0.25, -0.2) is 4.79 Å². The van der Waals surface area contributed by atoms with Crippen LogP contribution in [0.3, 0.4) is 0 Å². The molecule has 5 aliphatic carbocycles. The van der Waals surface area contributed by atoms with E-state index in [1.54, 1.807) is 5.57 Å². The molecule has 0 saturated heterocycles. The molecular formula is C50H84N2O6. The number of carbonyl (C=O) groups excluding carboxylic acids is 3. The molecule has 5 rings (SSSR count). The first-order valence-electron chi connectivity index (χ1n) is 23.9. The number of allylic oxidation sites excluding steroid dienone is 2. The van der Waals surface area contributed by atoms with E-state index in [-0.39, 0.29) is 56.4 Å². The molecule has 5 aliphatic rings. The normalized spacial score (nSPS) is 35.3. The summed E-state index contributed by atoms with van der Waals surface area (Å²) in [4.78, 5) is 50.8. The van der Waals surface area contributed by atoms with Crippen LogP contribution >= 0.6 is 0 Å². The van der Waals surface area contributed by atoms with Gasteiger partial charge in [0.1, 0.15) is 12.1 Å². The van der Waals surface area contributed by atoms with Gasteiger partial charge >= 0.3 is 11.9 Å². The van der Waals surface area contributed by atoms with Crippen LogP contribution in [0, 0.1) is 56.2 Å². The third-order valence-electron chi connectivity index (χ3n) is 17.6. The molecule has 4 saturated carbocycles. The zero-order valence-electron chi connectivity index (χ0n) is 38.6. The van der Waals surface area contributed by atoms with Crippen LogP contribution in [-0.4, -0.2) is 47.6 Å². The Bertz CT molecular complexity index is 1520. The molecule has 0 aromatic carbocycles. The van der Waals surface area contributed by atoms with Crippen LogP contribution in [0.5, 0.6) is 0 Å². The summed E-state index contributed by atoms with van der Waals surface area (Å²) in [6.07, 6.45) is 23.6. The minimum absolute atomic E-state index is 0.00635. The van der Waals surface area contributed by atoms with Gasteiger partial charge in [-0.15, -0.1) is 0 Å². The Morgan fingerprint density at radius 3 is 2.07 bits per heavy atom. The zero-order valence-corrected chi connectivity index (χ0v) is 38.6. The molecule has 0 aliphatic heterocycles. The largest absolute Gasteiger partial charge is 0.480 e. The van der Waals surface area contributed by atoms with Crippen LogP contribution in [0.4, 0.5) is 0 Å². The molecule has 2 amide bonds. The fourth-order valence-corrected chi connectivity index (χ4v) is 13.9. The highest BCUT2D eigenvalue weighted by molar-refractivity contribution is 5.84. The number of ether oxygens (including phenoxy) is 1. The van der Waals surface area contributed by atoms with Gasteiger partial charge in [-0.2, -0.15) is 0 Å². The van der Waals surface area contributed by atoms with Crippen LogP contribution < -0.4 is 10.6 Å². The first kappa shape index (κ1) is 46.7. The van der Waals surface area contributed by atoms with Crippen LogP contribution in [0.2, 0.25) is 0 Å². The smallest absolute Gasteiger partial charge is 0.326 e. The van der Waals surface area contributed by atoms with Crippen molar-refractivity contribution in [3.05, 3.63) is 11.6 Å². The standard InChI is InChI=1S/C50H84N2O6/c1-11-20-41(54)58-39-25-26-47(8)37(46(39,6)7)24-27-49(10)38(47)23-22-35-36-33-45(4,5)28-30-50(36,31-29-48(35,49)9)44(57)51-32-19-17-15-13-12-14-16-18-21-40(53)52-42(34(2)3)43(55)56/h22,34,36-39,42H,11-21,23-33H2,1-10H3,(H,51,57)(H,52,53)(H,55,56)/t36-,37-,38+,39-,42-,47-,48+,49+,50-/m0/s1. The second kappa shape index (κ2) is 18.3. The second-order valence-corrected chi connectivity index (χ2v) is 22.4. The number of hydrogen-bond donors (Lipinski definition) is 3. The zero-order chi connectivity index (χ0) is 42.7. The molecule has 0 radical (unpaired) electrons. The van der Waals surface area contributed by atoms with Gasteiger partial charge in [-0.05, 0) is 129 Å². The average molecular weight is 809 g/mol. The van der Waals surface area contributed by atoms with Gasteiger partial charge in [0.2, 0.25) is 11.8 Å². The predicted octanol–water partition coefficient (Wildman–Crippen LogP) is 11.4. The molecule has 3 N–H and O–H groups in total. The van der Waals surface area contributed by atoms with E-state index in [0.29, 0.717) is 36.5 Å². The summed E-state index contributed by atoms with van der Waals surface area (Å²) in [7, 11) is 0. The lowest BCUT2D eigenvalue weighted by molar-refractivity contribution is -0.213. The Morgan fingerprint density at radius 1 is 0.793 bits per heavy atom. The number of rotatable bonds is 18. The molecular weight excluding hydrogens is 725 g/mol. The fraction of sp³-hybridized carbons (Fsp3) is 0.880. The Kier molecular flexibility index (Phi) is 14.7. The van der Waals surface area contributed by atoms with Crippen molar-refractivity contribution in [1.29, 1.82) is 0 Å². The molecule has 8 nitrogen and oxygen atoms in total. The van der Waals surface area contributed by atoms with Crippen molar-refractivity contribution in [1.82, 2.24) is 10.6 Å². The Morgan fingerprint density at radius 2 is 1.43 bits per heavy atom. The summed E-state index contributed by atoms with van der Waals surface area (Å²) < 4.78 is 6.20. The predicted molar refractivity (Wildman–Crippen MR) is 233 cm³/mol. The fourth-order valence-electron chi connectivity index (χ4n) is 13.9. The number of hydrogen-bond acceptors (Lipinski definition) is 5. The van der Waals surface area contributed by atoms with E-state index in [0.717, 1.165) is 116 Å². The lowest BCUT2D eigenvalue weighted by Gasteiger charge is -2.71. The summed E-state index contributed by atoms with van der Waals surface area (Å²) in [5.41, 5.74) is 1.90. The number of unbranched alkanes of at least 4 members (excludes halogenated alkanes) is 7. The molecule has 58 heavy (non-hydrogen) atoms. The van der Waals surface area contributed by atoms with E-state index in [1.807, 2.05) is 20.8 Å². The SMILES string of the molecule is CCCC(=O)O[C@H]1CC[C@]2(C)[C@H]3CC=C4[C@@H]5CC(C)(C)CC[C@]5(C(=O)NCCCCCCCCCCC(=O)N[C@H](C(=O)O)C(C)C)CC[C@@]4(C)[C@]3(C)CC[C@H]2C1(C)C. The minimum atomic E-state index is -0.975. The van der Waals surface area contributed by atoms with E-state index in [1.165, 1.54) is 12.8 Å². The third kappa shape index (κ3) is 9.12. The molecule has 0 bridgehead atoms. The number of aliphatic carboxylic acids is 1. The quantitative estimate of drug-likeness (QED) is 0.0720. The summed E-state index contributed by atoms with van der Waals surface area (Å²) in [5, 5.41) is 15.5. The second-order valence-electron chi connectivity index (χ2n) is 22.4. The Hall–Kier alpha value is -2.38. The molecule has 0 heterocycles. The van der Waals surface area contributed by atoms with Crippen molar-refractivity contribution in [2.24, 2.45) is 56.2 Å². The van der Waals surface area contributed by atoms with Crippen LogP contribution in [-0.2, 0) is 23.9 Å². The average Bonchev–Trinajstić information content (AvgIpc) is 3.13. The van der Waals surface area contributed by atoms with E-state index in [2.05, 4.69) is 65.2 Å². The minimum Gasteiger partial charge on any atom is -0.480 e. The highest BCUT2D eigenvalue weighted by Gasteiger charge is 2.69. The molecule has 0 spiro atoms. The summed E-state index contributed by atoms with van der Waals surface area (Å²) in [6.45, 7) is 23.9. The molecule has 9 atom stereocenters. The van der Waals surface area contributed by atoms with Crippen LogP contribution in [0.15, 0.2) is 11.6 Å². The Balaban J connectivity index is 1.15. The maximum Gasteiger partial charge on any atom is 0.326 e. The van der Waals surface area contributed by atoms with Crippen LogP contribution in [0.25, 0.3) is 0 Å². The number of carboxylic acids is 1. The molecule has 0 unspecified atom stereocenters. The van der Waals surface area contributed by atoms with Gasteiger partial charge in [-0.3, -0.25) is 14.4 Å². The Labute approximate surface area is 353 Å². The molecule has 0 aromatic heterocycles. The van der Waals surface area contributed by atoms with Gasteiger partial charge in [0.05, 0.1) is 5.41 Å². The highest BCUT2D eigenvalue weighted by Crippen LogP contribution is 2.76. The lowest BCUT2D eigenvalue weighted by atomic mass is 9.33. The maximum atomic E-state index is 14.5. The van der Waals surface area contributed by atoms with Crippen molar-refractivity contribution in [3.63, 3.8) is 0 Å². The van der Waals surface area contributed by atoms with Crippen molar-refractivity contribution in [2.45, 2.75) is 216 Å². The molecule has 4 fully saturated rings. The number of amides is 2. The summed E-state index contributed by atoms with van der Waals surface area (Å²) in [5.74, 6) is 0.379. The van der Waals surface area contributed by atoms with E-state index in [9.17, 15) is 24.3 Å². The first-order valence-corrected chi connectivity index (χ1v) is 23.9. The van der Waals surface area contributed by atoms with Crippen molar-refractivity contribution in [2.75, 3.05) is 6.54 Å². The van der Waals surface area contributed by atoms with Gasteiger partial charge in [0.15, 0.2) is 0 Å². The molecule has 8 heteroatoms. The highest BCUT2D eigenvalue weighted by atomic mass is 16.5. The maximum absolute atomic E-state index is 14.5. The number of carbonyl (C=O) groups is 4. The van der Waals surface area contributed by atoms with Crippen molar-refractivity contribution >= 4 is 23.8 Å². The lowest BCUT2D eigenvalue weighted by Crippen LogP contribution is -2.65. The van der Waals surface area contributed by atoms with Crippen LogP contribution in [0.1, 0.15) is 204 Å². The topological polar surface area (TPSA) is 122 Å². The first-order chi connectivity index (χ1) is 27.2. The van der Waals surface area contributed by atoms with Crippen molar-refractivity contribution < 1.29 is 29.0 Å². The van der Waals surface area contributed by atoms with E-state index >= 15 is 0 Å². The summed E-state index contributed by atoms with van der Waals surface area (Å²) in [6, 6.07) is -0.822.